The third kappa shape index (κ3) is 6.45. The standard InChI is InChI=1S/C40H45ClF3N5O5/c1-22-30-35(34(44)32(33(22)41)28-15-27(53-21-51-5)14-23-8-6-9-29(43)31(23)28)45-37(52-20-40-12-7-13-48(40)17-24(42)16-40)46-36(30)47-18-25-10-11-26(19-47)49(25)38(50)54-39(2,3)4/h6,8-9,14-15,24-26H,7,10-13,16-21H2,1-5H3/t24-,25?,26?,40+/m1/s1. The first-order chi connectivity index (χ1) is 25.8. The van der Waals surface area contributed by atoms with Gasteiger partial charge in [-0.05, 0) is 89.1 Å². The molecule has 1 aromatic heterocycles. The third-order valence-corrected chi connectivity index (χ3v) is 11.8. The molecule has 0 spiro atoms. The lowest BCUT2D eigenvalue weighted by molar-refractivity contribution is 0.0122. The van der Waals surface area contributed by atoms with Crippen molar-refractivity contribution in [2.24, 2.45) is 0 Å². The lowest BCUT2D eigenvalue weighted by Crippen LogP contribution is -2.57. The fraction of sp³-hybridized carbons (Fsp3) is 0.525. The van der Waals surface area contributed by atoms with Crippen molar-refractivity contribution in [1.82, 2.24) is 19.8 Å². The minimum atomic E-state index is -0.956. The molecule has 3 aromatic carbocycles. The Balaban J connectivity index is 1.27. The minimum absolute atomic E-state index is 0.0401. The van der Waals surface area contributed by atoms with Crippen molar-refractivity contribution >= 4 is 45.2 Å². The minimum Gasteiger partial charge on any atom is -0.468 e. The number of halogens is 4. The summed E-state index contributed by atoms with van der Waals surface area (Å²) in [6.07, 6.45) is 2.27. The van der Waals surface area contributed by atoms with Gasteiger partial charge >= 0.3 is 12.1 Å². The van der Waals surface area contributed by atoms with Gasteiger partial charge in [-0.1, -0.05) is 23.7 Å². The van der Waals surface area contributed by atoms with E-state index in [-0.39, 0.29) is 64.6 Å². The molecule has 1 amide bonds. The molecule has 2 bridgehead atoms. The molecule has 0 saturated carbocycles. The molecule has 4 atom stereocenters. The number of benzene rings is 3. The van der Waals surface area contributed by atoms with Crippen molar-refractivity contribution in [3.8, 4) is 22.9 Å². The topological polar surface area (TPSA) is 89.5 Å². The van der Waals surface area contributed by atoms with Crippen molar-refractivity contribution in [3.05, 3.63) is 52.6 Å². The van der Waals surface area contributed by atoms with Crippen LogP contribution in [-0.4, -0.2) is 102 Å². The highest BCUT2D eigenvalue weighted by Gasteiger charge is 2.50. The van der Waals surface area contributed by atoms with Crippen molar-refractivity contribution in [2.45, 2.75) is 89.2 Å². The second-order valence-electron chi connectivity index (χ2n) is 16.1. The number of hydrogen-bond donors (Lipinski definition) is 0. The Morgan fingerprint density at radius 1 is 1.06 bits per heavy atom. The number of alkyl halides is 1. The van der Waals surface area contributed by atoms with E-state index in [2.05, 4.69) is 9.88 Å². The van der Waals surface area contributed by atoms with Crippen LogP contribution in [0.3, 0.4) is 0 Å². The van der Waals surface area contributed by atoms with E-state index in [1.54, 1.807) is 31.2 Å². The molecule has 0 N–H and O–H groups in total. The molecule has 288 valence electrons. The molecular weight excluding hydrogens is 723 g/mol. The molecule has 4 aromatic rings. The van der Waals surface area contributed by atoms with Crippen LogP contribution in [-0.2, 0) is 9.47 Å². The van der Waals surface area contributed by atoms with Crippen LogP contribution in [0.25, 0.3) is 32.8 Å². The van der Waals surface area contributed by atoms with Gasteiger partial charge in [0.25, 0.3) is 0 Å². The highest BCUT2D eigenvalue weighted by molar-refractivity contribution is 6.36. The van der Waals surface area contributed by atoms with Crippen LogP contribution < -0.4 is 14.4 Å². The van der Waals surface area contributed by atoms with Crippen molar-refractivity contribution in [1.29, 1.82) is 0 Å². The maximum atomic E-state index is 17.5. The number of methoxy groups -OCH3 is 1. The number of hydrogen-bond acceptors (Lipinski definition) is 9. The number of ether oxygens (including phenoxy) is 4. The van der Waals surface area contributed by atoms with Crippen molar-refractivity contribution in [3.63, 3.8) is 0 Å². The number of aryl methyl sites for hydroxylation is 1. The summed E-state index contributed by atoms with van der Waals surface area (Å²) >= 11 is 7.15. The molecule has 0 aliphatic carbocycles. The van der Waals surface area contributed by atoms with Crippen LogP contribution in [0.5, 0.6) is 11.8 Å². The zero-order valence-electron chi connectivity index (χ0n) is 31.2. The molecule has 10 nitrogen and oxygen atoms in total. The zero-order chi connectivity index (χ0) is 38.1. The quantitative estimate of drug-likeness (QED) is 0.165. The summed E-state index contributed by atoms with van der Waals surface area (Å²) in [6, 6.07) is 7.44. The maximum absolute atomic E-state index is 17.5. The van der Waals surface area contributed by atoms with E-state index in [1.807, 2.05) is 30.6 Å². The molecule has 4 fully saturated rings. The maximum Gasteiger partial charge on any atom is 0.410 e. The molecule has 54 heavy (non-hydrogen) atoms. The highest BCUT2D eigenvalue weighted by Crippen LogP contribution is 2.47. The number of nitrogens with zero attached hydrogens (tertiary/aromatic N) is 5. The van der Waals surface area contributed by atoms with Gasteiger partial charge in [-0.15, -0.1) is 0 Å². The Hall–Kier alpha value is -4.07. The normalized spacial score (nSPS) is 24.1. The first-order valence-electron chi connectivity index (χ1n) is 18.6. The SMILES string of the molecule is COCOc1cc(-c2c(Cl)c(C)c3c(N4CC5CCC(C4)N5C(=O)OC(C)(C)C)nc(OC[C@@]45CCCN4C[C@H](F)C5)nc3c2F)c2c(F)cccc2c1. The number of carbonyl (C=O) groups is 1. The largest absolute Gasteiger partial charge is 0.468 e. The Bertz CT molecular complexity index is 2120. The molecule has 4 aliphatic heterocycles. The van der Waals surface area contributed by atoms with Crippen LogP contribution in [0.4, 0.5) is 23.8 Å². The van der Waals surface area contributed by atoms with Crippen LogP contribution in [0.15, 0.2) is 30.3 Å². The van der Waals surface area contributed by atoms with Crippen molar-refractivity contribution in [2.75, 3.05) is 51.6 Å². The average Bonchev–Trinajstić information content (AvgIpc) is 3.74. The van der Waals surface area contributed by atoms with E-state index in [4.69, 9.17) is 35.5 Å². The van der Waals surface area contributed by atoms with Gasteiger partial charge in [0.15, 0.2) is 12.6 Å². The Kier molecular flexibility index (Phi) is 9.49. The number of carbonyl (C=O) groups excluding carboxylic acids is 1. The predicted octanol–water partition coefficient (Wildman–Crippen LogP) is 8.22. The van der Waals surface area contributed by atoms with E-state index in [9.17, 15) is 9.18 Å². The molecule has 4 aliphatic rings. The van der Waals surface area contributed by atoms with Gasteiger partial charge in [0.1, 0.15) is 41.3 Å². The van der Waals surface area contributed by atoms with Gasteiger partial charge in [-0.25, -0.2) is 18.0 Å². The number of fused-ring (bicyclic) bond motifs is 5. The number of piperazine rings is 1. The molecular formula is C40H45ClF3N5O5. The van der Waals surface area contributed by atoms with E-state index in [0.717, 1.165) is 32.2 Å². The van der Waals surface area contributed by atoms with E-state index in [0.29, 0.717) is 54.0 Å². The van der Waals surface area contributed by atoms with Gasteiger partial charge in [0.2, 0.25) is 0 Å². The summed E-state index contributed by atoms with van der Waals surface area (Å²) in [5.41, 5.74) is -0.536. The second kappa shape index (κ2) is 13.9. The predicted molar refractivity (Wildman–Crippen MR) is 200 cm³/mol. The summed E-state index contributed by atoms with van der Waals surface area (Å²) in [6.45, 7) is 9.34. The molecule has 0 radical (unpaired) electrons. The van der Waals surface area contributed by atoms with Crippen LogP contribution in [0.1, 0.15) is 58.4 Å². The average molecular weight is 768 g/mol. The van der Waals surface area contributed by atoms with E-state index < -0.39 is 28.9 Å². The van der Waals surface area contributed by atoms with Crippen LogP contribution >= 0.6 is 11.6 Å². The summed E-state index contributed by atoms with van der Waals surface area (Å²) in [5.74, 6) is -0.567. The zero-order valence-corrected chi connectivity index (χ0v) is 31.9. The smallest absolute Gasteiger partial charge is 0.410 e. The van der Waals surface area contributed by atoms with Gasteiger partial charge < -0.3 is 23.8 Å². The van der Waals surface area contributed by atoms with Gasteiger partial charge in [0, 0.05) is 49.7 Å². The highest BCUT2D eigenvalue weighted by atomic mass is 35.5. The number of amides is 1. The summed E-state index contributed by atoms with van der Waals surface area (Å²) in [4.78, 5) is 28.9. The summed E-state index contributed by atoms with van der Waals surface area (Å²) < 4.78 is 70.8. The number of anilines is 1. The lowest BCUT2D eigenvalue weighted by Gasteiger charge is -2.42. The third-order valence-electron chi connectivity index (χ3n) is 11.3. The first-order valence-corrected chi connectivity index (χ1v) is 19.0. The molecule has 2 unspecified atom stereocenters. The lowest BCUT2D eigenvalue weighted by atomic mass is 9.93. The fourth-order valence-corrected chi connectivity index (χ4v) is 9.35. The van der Waals surface area contributed by atoms with Gasteiger partial charge in [0.05, 0.1) is 28.0 Å². The van der Waals surface area contributed by atoms with Gasteiger partial charge in [-0.3, -0.25) is 9.80 Å². The van der Waals surface area contributed by atoms with Gasteiger partial charge in [-0.2, -0.15) is 9.97 Å². The monoisotopic (exact) mass is 767 g/mol. The first kappa shape index (κ1) is 36.9. The number of rotatable bonds is 8. The van der Waals surface area contributed by atoms with Crippen LogP contribution in [0.2, 0.25) is 5.02 Å². The Morgan fingerprint density at radius 3 is 2.54 bits per heavy atom. The Labute approximate surface area is 317 Å². The van der Waals surface area contributed by atoms with E-state index in [1.165, 1.54) is 13.2 Å². The summed E-state index contributed by atoms with van der Waals surface area (Å²) in [5, 5.41) is 1.12. The van der Waals surface area contributed by atoms with E-state index >= 15 is 8.78 Å². The number of aromatic nitrogens is 2. The summed E-state index contributed by atoms with van der Waals surface area (Å²) in [7, 11) is 1.48. The molecule has 4 saturated heterocycles. The Morgan fingerprint density at radius 2 is 1.81 bits per heavy atom. The molecule has 5 heterocycles. The second-order valence-corrected chi connectivity index (χ2v) is 16.5. The fourth-order valence-electron chi connectivity index (χ4n) is 9.07. The molecule has 14 heteroatoms. The van der Waals surface area contributed by atoms with Crippen LogP contribution in [0, 0.1) is 18.6 Å². The van der Waals surface area contributed by atoms with Crippen molar-refractivity contribution < 1.29 is 36.9 Å². The molecule has 8 rings (SSSR count).